The molecule has 0 radical (unpaired) electrons. The Hall–Kier alpha value is -3.02. The second kappa shape index (κ2) is 8.58. The summed E-state index contributed by atoms with van der Waals surface area (Å²) in [6, 6.07) is 12.4. The number of ether oxygens (including phenoxy) is 2. The highest BCUT2D eigenvalue weighted by atomic mass is 16.5. The molecule has 0 unspecified atom stereocenters. The highest BCUT2D eigenvalue weighted by Crippen LogP contribution is 2.25. The number of carbonyl (C=O) groups is 2. The third-order valence-corrected chi connectivity index (χ3v) is 4.68. The molecule has 0 saturated carbocycles. The Balaban J connectivity index is 1.64. The molecule has 27 heavy (non-hydrogen) atoms. The van der Waals surface area contributed by atoms with E-state index >= 15 is 0 Å². The molecule has 1 N–H and O–H groups in total. The lowest BCUT2D eigenvalue weighted by molar-refractivity contribution is -0.129. The molecule has 2 aromatic rings. The molecule has 0 spiro atoms. The van der Waals surface area contributed by atoms with Gasteiger partial charge in [0.25, 0.3) is 5.91 Å². The summed E-state index contributed by atoms with van der Waals surface area (Å²) in [5, 5.41) is 2.85. The highest BCUT2D eigenvalue weighted by molar-refractivity contribution is 6.06. The summed E-state index contributed by atoms with van der Waals surface area (Å²) in [5.74, 6) is 0.956. The van der Waals surface area contributed by atoms with Crippen LogP contribution in [-0.2, 0) is 11.2 Å². The van der Waals surface area contributed by atoms with Crippen LogP contribution in [0.5, 0.6) is 11.5 Å². The largest absolute Gasteiger partial charge is 0.497 e. The Bertz CT molecular complexity index is 811. The van der Waals surface area contributed by atoms with Crippen LogP contribution in [0.15, 0.2) is 42.5 Å². The van der Waals surface area contributed by atoms with Crippen LogP contribution < -0.4 is 14.8 Å². The number of anilines is 1. The molecule has 2 amide bonds. The second-order valence-corrected chi connectivity index (χ2v) is 6.48. The van der Waals surface area contributed by atoms with Crippen molar-refractivity contribution in [2.24, 2.45) is 0 Å². The van der Waals surface area contributed by atoms with Crippen LogP contribution in [0.3, 0.4) is 0 Å². The standard InChI is InChI=1S/C21H24N2O4/c1-26-17-9-10-18(19(14-17)27-2)21(25)22-16-7-5-15(6-8-16)13-20(24)23-11-3-4-12-23/h5-10,14H,3-4,11-13H2,1-2H3,(H,22,25). The lowest BCUT2D eigenvalue weighted by Crippen LogP contribution is -2.29. The van der Waals surface area contributed by atoms with Crippen molar-refractivity contribution in [2.75, 3.05) is 32.6 Å². The van der Waals surface area contributed by atoms with Crippen LogP contribution in [0, 0.1) is 0 Å². The van der Waals surface area contributed by atoms with Gasteiger partial charge in [-0.2, -0.15) is 0 Å². The molecule has 3 rings (SSSR count). The maximum absolute atomic E-state index is 12.5. The molecule has 142 valence electrons. The van der Waals surface area contributed by atoms with Crippen molar-refractivity contribution in [3.8, 4) is 11.5 Å². The maximum atomic E-state index is 12.5. The van der Waals surface area contributed by atoms with Crippen LogP contribution in [0.25, 0.3) is 0 Å². The molecule has 6 heteroatoms. The molecule has 1 aliphatic rings. The molecule has 0 aliphatic carbocycles. The van der Waals surface area contributed by atoms with Gasteiger partial charge in [-0.3, -0.25) is 9.59 Å². The van der Waals surface area contributed by atoms with E-state index in [0.717, 1.165) is 31.5 Å². The molecular formula is C21H24N2O4. The number of likely N-dealkylation sites (tertiary alicyclic amines) is 1. The van der Waals surface area contributed by atoms with Crippen LogP contribution in [0.1, 0.15) is 28.8 Å². The molecule has 1 heterocycles. The average Bonchev–Trinajstić information content (AvgIpc) is 3.24. The fourth-order valence-corrected chi connectivity index (χ4v) is 3.14. The first-order valence-corrected chi connectivity index (χ1v) is 9.01. The average molecular weight is 368 g/mol. The second-order valence-electron chi connectivity index (χ2n) is 6.48. The molecule has 1 saturated heterocycles. The topological polar surface area (TPSA) is 67.9 Å². The summed E-state index contributed by atoms with van der Waals surface area (Å²) in [4.78, 5) is 26.7. The van der Waals surface area contributed by atoms with Gasteiger partial charge >= 0.3 is 0 Å². The fourth-order valence-electron chi connectivity index (χ4n) is 3.14. The van der Waals surface area contributed by atoms with E-state index in [2.05, 4.69) is 5.32 Å². The van der Waals surface area contributed by atoms with Gasteiger partial charge < -0.3 is 19.7 Å². The first kappa shape index (κ1) is 18.8. The zero-order valence-corrected chi connectivity index (χ0v) is 15.7. The summed E-state index contributed by atoms with van der Waals surface area (Å²) < 4.78 is 10.4. The summed E-state index contributed by atoms with van der Waals surface area (Å²) in [7, 11) is 3.07. The van der Waals surface area contributed by atoms with Crippen LogP contribution >= 0.6 is 0 Å². The van der Waals surface area contributed by atoms with E-state index in [1.165, 1.54) is 7.11 Å². The predicted molar refractivity (Wildman–Crippen MR) is 103 cm³/mol. The van der Waals surface area contributed by atoms with Crippen LogP contribution in [0.2, 0.25) is 0 Å². The van der Waals surface area contributed by atoms with Crippen molar-refractivity contribution < 1.29 is 19.1 Å². The number of benzene rings is 2. The minimum absolute atomic E-state index is 0.159. The lowest BCUT2D eigenvalue weighted by atomic mass is 10.1. The van der Waals surface area contributed by atoms with Gasteiger partial charge in [-0.1, -0.05) is 12.1 Å². The Labute approximate surface area is 159 Å². The number of methoxy groups -OCH3 is 2. The molecule has 2 aromatic carbocycles. The normalized spacial score (nSPS) is 13.3. The number of hydrogen-bond donors (Lipinski definition) is 1. The van der Waals surface area contributed by atoms with Gasteiger partial charge in [-0.05, 0) is 42.7 Å². The first-order valence-electron chi connectivity index (χ1n) is 9.01. The summed E-state index contributed by atoms with van der Waals surface area (Å²) >= 11 is 0. The number of carbonyl (C=O) groups excluding carboxylic acids is 2. The molecule has 0 bridgehead atoms. The molecule has 6 nitrogen and oxygen atoms in total. The number of nitrogens with zero attached hydrogens (tertiary/aromatic N) is 1. The SMILES string of the molecule is COc1ccc(C(=O)Nc2ccc(CC(=O)N3CCCC3)cc2)c(OC)c1. The zero-order valence-electron chi connectivity index (χ0n) is 15.7. The molecule has 1 fully saturated rings. The Kier molecular flexibility index (Phi) is 5.96. The van der Waals surface area contributed by atoms with E-state index < -0.39 is 0 Å². The van der Waals surface area contributed by atoms with E-state index in [9.17, 15) is 9.59 Å². The van der Waals surface area contributed by atoms with Crippen molar-refractivity contribution in [1.82, 2.24) is 4.90 Å². The van der Waals surface area contributed by atoms with E-state index in [4.69, 9.17) is 9.47 Å². The predicted octanol–water partition coefficient (Wildman–Crippen LogP) is 3.12. The molecule has 0 aromatic heterocycles. The van der Waals surface area contributed by atoms with E-state index in [0.29, 0.717) is 29.2 Å². The lowest BCUT2D eigenvalue weighted by Gasteiger charge is -2.15. The quantitative estimate of drug-likeness (QED) is 0.851. The van der Waals surface area contributed by atoms with Crippen molar-refractivity contribution in [1.29, 1.82) is 0 Å². The fraction of sp³-hybridized carbons (Fsp3) is 0.333. The van der Waals surface area contributed by atoms with Crippen molar-refractivity contribution in [3.05, 3.63) is 53.6 Å². The molecule has 0 atom stereocenters. The minimum Gasteiger partial charge on any atom is -0.497 e. The number of nitrogens with one attached hydrogen (secondary N) is 1. The third-order valence-electron chi connectivity index (χ3n) is 4.68. The molecule has 1 aliphatic heterocycles. The van der Waals surface area contributed by atoms with Crippen LogP contribution in [-0.4, -0.2) is 44.0 Å². The smallest absolute Gasteiger partial charge is 0.259 e. The first-order chi connectivity index (χ1) is 13.1. The zero-order chi connectivity index (χ0) is 19.2. The van der Waals surface area contributed by atoms with Crippen molar-refractivity contribution >= 4 is 17.5 Å². The van der Waals surface area contributed by atoms with Gasteiger partial charge in [0.15, 0.2) is 0 Å². The van der Waals surface area contributed by atoms with Gasteiger partial charge in [-0.25, -0.2) is 0 Å². The Morgan fingerprint density at radius 3 is 2.33 bits per heavy atom. The number of hydrogen-bond acceptors (Lipinski definition) is 4. The third kappa shape index (κ3) is 4.58. The highest BCUT2D eigenvalue weighted by Gasteiger charge is 2.18. The summed E-state index contributed by atoms with van der Waals surface area (Å²) in [5.41, 5.74) is 2.02. The minimum atomic E-state index is -0.268. The Morgan fingerprint density at radius 2 is 1.70 bits per heavy atom. The number of rotatable bonds is 6. The van der Waals surface area contributed by atoms with Crippen molar-refractivity contribution in [3.63, 3.8) is 0 Å². The van der Waals surface area contributed by atoms with Crippen LogP contribution in [0.4, 0.5) is 5.69 Å². The van der Waals surface area contributed by atoms with Gasteiger partial charge in [0.2, 0.25) is 5.91 Å². The van der Waals surface area contributed by atoms with E-state index in [1.54, 1.807) is 37.4 Å². The number of amides is 2. The van der Waals surface area contributed by atoms with E-state index in [1.807, 2.05) is 17.0 Å². The van der Waals surface area contributed by atoms with E-state index in [-0.39, 0.29) is 11.8 Å². The summed E-state index contributed by atoms with van der Waals surface area (Å²) in [6.45, 7) is 1.72. The maximum Gasteiger partial charge on any atom is 0.259 e. The van der Waals surface area contributed by atoms with Crippen molar-refractivity contribution in [2.45, 2.75) is 19.3 Å². The van der Waals surface area contributed by atoms with Gasteiger partial charge in [0.05, 0.1) is 26.2 Å². The van der Waals surface area contributed by atoms with Gasteiger partial charge in [-0.15, -0.1) is 0 Å². The summed E-state index contributed by atoms with van der Waals surface area (Å²) in [6.07, 6.45) is 2.57. The Morgan fingerprint density at radius 1 is 1.00 bits per heavy atom. The molecular weight excluding hydrogens is 344 g/mol. The van der Waals surface area contributed by atoms with Gasteiger partial charge in [0.1, 0.15) is 11.5 Å². The van der Waals surface area contributed by atoms with Gasteiger partial charge in [0, 0.05) is 24.8 Å². The monoisotopic (exact) mass is 368 g/mol.